The lowest BCUT2D eigenvalue weighted by atomic mass is 9.86. The van der Waals surface area contributed by atoms with Crippen LogP contribution in [0.1, 0.15) is 39.0 Å². The molecule has 5 nitrogen and oxygen atoms in total. The number of benzene rings is 1. The number of hydrogen-bond acceptors (Lipinski definition) is 3. The van der Waals surface area contributed by atoms with Crippen LogP contribution in [0.15, 0.2) is 33.6 Å². The molecule has 0 unspecified atom stereocenters. The lowest BCUT2D eigenvalue weighted by Gasteiger charge is -2.29. The fourth-order valence-corrected chi connectivity index (χ4v) is 4.10. The Bertz CT molecular complexity index is 631. The summed E-state index contributed by atoms with van der Waals surface area (Å²) >= 11 is 3.27. The number of sulfonamides is 1. The van der Waals surface area contributed by atoms with E-state index < -0.39 is 10.0 Å². The molecular formula is C16H23BrN2O3S. The van der Waals surface area contributed by atoms with E-state index in [1.54, 1.807) is 12.1 Å². The smallest absolute Gasteiger partial charge is 0.240 e. The Kier molecular flexibility index (Phi) is 6.61. The SMILES string of the molecule is C[C@H]1CCCC[C@@H]1NC(=O)CCNS(=O)(=O)c1ccc(Br)cc1. The normalized spacial score (nSPS) is 21.8. The van der Waals surface area contributed by atoms with Crippen molar-refractivity contribution >= 4 is 31.9 Å². The highest BCUT2D eigenvalue weighted by Crippen LogP contribution is 2.23. The van der Waals surface area contributed by atoms with Gasteiger partial charge in [-0.05, 0) is 43.0 Å². The van der Waals surface area contributed by atoms with Crippen molar-refractivity contribution in [2.45, 2.75) is 50.0 Å². The summed E-state index contributed by atoms with van der Waals surface area (Å²) in [6, 6.07) is 6.61. The van der Waals surface area contributed by atoms with Gasteiger partial charge < -0.3 is 5.32 Å². The van der Waals surface area contributed by atoms with Crippen molar-refractivity contribution in [2.75, 3.05) is 6.54 Å². The molecule has 1 saturated carbocycles. The number of halogens is 1. The number of rotatable bonds is 6. The van der Waals surface area contributed by atoms with E-state index in [2.05, 4.69) is 32.9 Å². The summed E-state index contributed by atoms with van der Waals surface area (Å²) in [5.41, 5.74) is 0. The van der Waals surface area contributed by atoms with Crippen molar-refractivity contribution in [1.29, 1.82) is 0 Å². The van der Waals surface area contributed by atoms with Crippen molar-refractivity contribution in [1.82, 2.24) is 10.0 Å². The van der Waals surface area contributed by atoms with Crippen LogP contribution in [0, 0.1) is 5.92 Å². The van der Waals surface area contributed by atoms with E-state index in [9.17, 15) is 13.2 Å². The van der Waals surface area contributed by atoms with Crippen LogP contribution in [0.3, 0.4) is 0 Å². The van der Waals surface area contributed by atoms with Crippen LogP contribution in [0.2, 0.25) is 0 Å². The summed E-state index contributed by atoms with van der Waals surface area (Å²) in [5, 5.41) is 3.02. The van der Waals surface area contributed by atoms with E-state index in [0.717, 1.165) is 23.7 Å². The maximum Gasteiger partial charge on any atom is 0.240 e. The zero-order chi connectivity index (χ0) is 16.9. The molecule has 0 heterocycles. The van der Waals surface area contributed by atoms with Gasteiger partial charge in [0, 0.05) is 23.5 Å². The monoisotopic (exact) mass is 402 g/mol. The van der Waals surface area contributed by atoms with Crippen LogP contribution < -0.4 is 10.0 Å². The Morgan fingerprint density at radius 1 is 1.22 bits per heavy atom. The lowest BCUT2D eigenvalue weighted by Crippen LogP contribution is -2.42. The third-order valence-corrected chi connectivity index (χ3v) is 6.23. The van der Waals surface area contributed by atoms with E-state index >= 15 is 0 Å². The Labute approximate surface area is 146 Å². The maximum absolute atomic E-state index is 12.1. The topological polar surface area (TPSA) is 75.3 Å². The van der Waals surface area contributed by atoms with Gasteiger partial charge in [0.2, 0.25) is 15.9 Å². The van der Waals surface area contributed by atoms with Gasteiger partial charge in [-0.15, -0.1) is 0 Å². The number of carbonyl (C=O) groups excluding carboxylic acids is 1. The van der Waals surface area contributed by atoms with Crippen molar-refractivity contribution in [3.63, 3.8) is 0 Å². The molecule has 1 amide bonds. The molecule has 1 aliphatic carbocycles. The van der Waals surface area contributed by atoms with Gasteiger partial charge in [-0.2, -0.15) is 0 Å². The van der Waals surface area contributed by atoms with Gasteiger partial charge in [-0.1, -0.05) is 35.7 Å². The second-order valence-corrected chi connectivity index (χ2v) is 8.72. The molecule has 0 radical (unpaired) electrons. The molecule has 1 aromatic rings. The molecule has 0 bridgehead atoms. The zero-order valence-electron chi connectivity index (χ0n) is 13.2. The van der Waals surface area contributed by atoms with Gasteiger partial charge in [0.1, 0.15) is 0 Å². The van der Waals surface area contributed by atoms with Gasteiger partial charge in [0.25, 0.3) is 0 Å². The Balaban J connectivity index is 1.79. The zero-order valence-corrected chi connectivity index (χ0v) is 15.6. The van der Waals surface area contributed by atoms with E-state index in [-0.39, 0.29) is 29.8 Å². The number of amides is 1. The molecule has 0 spiro atoms. The molecule has 2 atom stereocenters. The van der Waals surface area contributed by atoms with Gasteiger partial charge in [-0.25, -0.2) is 13.1 Å². The molecule has 7 heteroatoms. The Hall–Kier alpha value is -0.920. The Morgan fingerprint density at radius 2 is 1.87 bits per heavy atom. The minimum absolute atomic E-state index is 0.0951. The van der Waals surface area contributed by atoms with Crippen LogP contribution in [0.4, 0.5) is 0 Å². The highest BCUT2D eigenvalue weighted by atomic mass is 79.9. The first-order valence-corrected chi connectivity index (χ1v) is 10.2. The minimum atomic E-state index is -3.57. The molecule has 2 rings (SSSR count). The number of hydrogen-bond donors (Lipinski definition) is 2. The van der Waals surface area contributed by atoms with Crippen LogP contribution in [0.25, 0.3) is 0 Å². The number of nitrogens with one attached hydrogen (secondary N) is 2. The van der Waals surface area contributed by atoms with Crippen molar-refractivity contribution in [3.8, 4) is 0 Å². The van der Waals surface area contributed by atoms with E-state index in [0.29, 0.717) is 5.92 Å². The fraction of sp³-hybridized carbons (Fsp3) is 0.562. The molecule has 0 aromatic heterocycles. The van der Waals surface area contributed by atoms with E-state index in [1.807, 2.05) is 0 Å². The standard InChI is InChI=1S/C16H23BrN2O3S/c1-12-4-2-3-5-15(12)19-16(20)10-11-18-23(21,22)14-8-6-13(17)7-9-14/h6-9,12,15,18H,2-5,10-11H2,1H3,(H,19,20)/t12-,15-/m0/s1. The van der Waals surface area contributed by atoms with Gasteiger partial charge in [-0.3, -0.25) is 4.79 Å². The first-order valence-electron chi connectivity index (χ1n) is 7.93. The van der Waals surface area contributed by atoms with E-state index in [4.69, 9.17) is 0 Å². The van der Waals surface area contributed by atoms with Gasteiger partial charge >= 0.3 is 0 Å². The average molecular weight is 403 g/mol. The molecule has 1 aromatic carbocycles. The molecule has 1 fully saturated rings. The highest BCUT2D eigenvalue weighted by Gasteiger charge is 2.22. The summed E-state index contributed by atoms with van der Waals surface area (Å²) in [4.78, 5) is 12.2. The second kappa shape index (κ2) is 8.26. The molecule has 0 aliphatic heterocycles. The summed E-state index contributed by atoms with van der Waals surface area (Å²) in [5.74, 6) is 0.398. The van der Waals surface area contributed by atoms with Crippen LogP contribution in [-0.4, -0.2) is 26.9 Å². The van der Waals surface area contributed by atoms with Gasteiger partial charge in [0.15, 0.2) is 0 Å². The molecule has 2 N–H and O–H groups in total. The number of carbonyl (C=O) groups is 1. The molecular weight excluding hydrogens is 380 g/mol. The van der Waals surface area contributed by atoms with Crippen molar-refractivity contribution in [2.24, 2.45) is 5.92 Å². The highest BCUT2D eigenvalue weighted by molar-refractivity contribution is 9.10. The largest absolute Gasteiger partial charge is 0.353 e. The lowest BCUT2D eigenvalue weighted by molar-refractivity contribution is -0.122. The molecule has 1 aliphatic rings. The van der Waals surface area contributed by atoms with Gasteiger partial charge in [0.05, 0.1) is 4.90 Å². The third-order valence-electron chi connectivity index (χ3n) is 4.23. The summed E-state index contributed by atoms with van der Waals surface area (Å²) in [6.07, 6.45) is 4.67. The van der Waals surface area contributed by atoms with Crippen molar-refractivity contribution in [3.05, 3.63) is 28.7 Å². The summed E-state index contributed by atoms with van der Waals surface area (Å²) in [7, 11) is -3.57. The van der Waals surface area contributed by atoms with Crippen LogP contribution in [0.5, 0.6) is 0 Å². The van der Waals surface area contributed by atoms with E-state index in [1.165, 1.54) is 18.6 Å². The quantitative estimate of drug-likeness (QED) is 0.767. The molecule has 0 saturated heterocycles. The predicted octanol–water partition coefficient (Wildman–Crippen LogP) is 2.81. The second-order valence-electron chi connectivity index (χ2n) is 6.04. The summed E-state index contributed by atoms with van der Waals surface area (Å²) in [6.45, 7) is 2.26. The first kappa shape index (κ1) is 18.4. The average Bonchev–Trinajstić information content (AvgIpc) is 2.50. The fourth-order valence-electron chi connectivity index (χ4n) is 2.81. The predicted molar refractivity (Wildman–Crippen MR) is 93.5 cm³/mol. The maximum atomic E-state index is 12.1. The van der Waals surface area contributed by atoms with Crippen LogP contribution >= 0.6 is 15.9 Å². The molecule has 23 heavy (non-hydrogen) atoms. The summed E-state index contributed by atoms with van der Waals surface area (Å²) < 4.78 is 27.5. The van der Waals surface area contributed by atoms with Crippen molar-refractivity contribution < 1.29 is 13.2 Å². The molecule has 128 valence electrons. The minimum Gasteiger partial charge on any atom is -0.353 e. The Morgan fingerprint density at radius 3 is 2.52 bits per heavy atom. The first-order chi connectivity index (χ1) is 10.9. The third kappa shape index (κ3) is 5.58. The van der Waals surface area contributed by atoms with Crippen LogP contribution in [-0.2, 0) is 14.8 Å².